The number of carbonyl (C=O) groups is 3. The van der Waals surface area contributed by atoms with E-state index in [-0.39, 0.29) is 0 Å². The highest BCUT2D eigenvalue weighted by molar-refractivity contribution is 6.83. The van der Waals surface area contributed by atoms with Crippen molar-refractivity contribution < 1.29 is 28.6 Å². The van der Waals surface area contributed by atoms with Crippen LogP contribution in [0.25, 0.3) is 0 Å². The molecule has 0 fully saturated rings. The highest BCUT2D eigenvalue weighted by Crippen LogP contribution is 2.08. The molecular weight excluding hydrogens is 278 g/mol. The molecule has 1 atom stereocenters. The smallest absolute Gasteiger partial charge is 0.343 e. The Labute approximate surface area is 115 Å². The fraction of sp³-hybridized carbons (Fsp3) is 0.636. The Hall–Kier alpha value is -1.47. The lowest BCUT2D eigenvalue weighted by Crippen LogP contribution is -2.39. The van der Waals surface area contributed by atoms with E-state index in [4.69, 9.17) is 26.5 Å². The molecule has 1 N–H and O–H groups in total. The van der Waals surface area contributed by atoms with Crippen molar-refractivity contribution >= 4 is 34.5 Å². The molecule has 8 heteroatoms. The van der Waals surface area contributed by atoms with E-state index in [1.165, 1.54) is 0 Å². The second-order valence-electron chi connectivity index (χ2n) is 4.48. The summed E-state index contributed by atoms with van der Waals surface area (Å²) in [6.07, 6.45) is -1.75. The summed E-state index contributed by atoms with van der Waals surface area (Å²) in [6.45, 7) is 4.33. The Balaban J connectivity index is 4.60. The van der Waals surface area contributed by atoms with Crippen LogP contribution in [0.15, 0.2) is 0 Å². The van der Waals surface area contributed by atoms with E-state index >= 15 is 0 Å². The van der Waals surface area contributed by atoms with E-state index in [2.05, 4.69) is 4.74 Å². The second kappa shape index (κ2) is 7.20. The minimum absolute atomic E-state index is 0.632. The van der Waals surface area contributed by atoms with Crippen LogP contribution in [0.2, 0.25) is 0 Å². The SMILES string of the molecule is COC(=O)C(OCC(=O)OC(C)(C)C)C(=O)C(=N)Cl. The normalized spacial score (nSPS) is 12.5. The number of esters is 2. The number of rotatable bonds is 6. The van der Waals surface area contributed by atoms with Gasteiger partial charge in [0.15, 0.2) is 5.17 Å². The monoisotopic (exact) mass is 293 g/mol. The predicted octanol–water partition coefficient (Wildman–Crippen LogP) is 0.671. The Morgan fingerprint density at radius 2 is 1.79 bits per heavy atom. The second-order valence-corrected chi connectivity index (χ2v) is 4.86. The first-order valence-electron chi connectivity index (χ1n) is 5.28. The van der Waals surface area contributed by atoms with E-state index in [1.54, 1.807) is 20.8 Å². The van der Waals surface area contributed by atoms with E-state index in [1.807, 2.05) is 0 Å². The van der Waals surface area contributed by atoms with Gasteiger partial charge in [-0.25, -0.2) is 9.59 Å². The lowest BCUT2D eigenvalue weighted by atomic mass is 10.2. The molecule has 0 aliphatic rings. The van der Waals surface area contributed by atoms with Gasteiger partial charge in [0, 0.05) is 0 Å². The molecule has 19 heavy (non-hydrogen) atoms. The van der Waals surface area contributed by atoms with Crippen LogP contribution >= 0.6 is 11.6 Å². The first-order chi connectivity index (χ1) is 8.58. The Kier molecular flexibility index (Phi) is 6.64. The maximum Gasteiger partial charge on any atom is 0.343 e. The van der Waals surface area contributed by atoms with Crippen molar-refractivity contribution in [1.82, 2.24) is 0 Å². The molecule has 7 nitrogen and oxygen atoms in total. The third kappa shape index (κ3) is 6.88. The zero-order valence-electron chi connectivity index (χ0n) is 11.1. The summed E-state index contributed by atoms with van der Waals surface area (Å²) in [4.78, 5) is 34.1. The number of hydrogen-bond acceptors (Lipinski definition) is 7. The van der Waals surface area contributed by atoms with Crippen molar-refractivity contribution in [3.05, 3.63) is 0 Å². The predicted molar refractivity (Wildman–Crippen MR) is 66.2 cm³/mol. The summed E-state index contributed by atoms with van der Waals surface area (Å²) in [5, 5.41) is 6.05. The van der Waals surface area contributed by atoms with Crippen LogP contribution in [-0.4, -0.2) is 48.3 Å². The first-order valence-corrected chi connectivity index (χ1v) is 5.66. The Bertz CT molecular complexity index is 387. The van der Waals surface area contributed by atoms with Crippen LogP contribution < -0.4 is 0 Å². The van der Waals surface area contributed by atoms with Gasteiger partial charge in [0.1, 0.15) is 12.2 Å². The van der Waals surface area contributed by atoms with E-state index in [0.717, 1.165) is 7.11 Å². The van der Waals surface area contributed by atoms with Crippen LogP contribution in [0.1, 0.15) is 20.8 Å². The number of methoxy groups -OCH3 is 1. The van der Waals surface area contributed by atoms with Crippen LogP contribution in [0.4, 0.5) is 0 Å². The van der Waals surface area contributed by atoms with Gasteiger partial charge in [-0.2, -0.15) is 0 Å². The Morgan fingerprint density at radius 3 is 2.16 bits per heavy atom. The van der Waals surface area contributed by atoms with E-state index in [9.17, 15) is 14.4 Å². The van der Waals surface area contributed by atoms with Gasteiger partial charge in [0.2, 0.25) is 11.9 Å². The summed E-state index contributed by atoms with van der Waals surface area (Å²) in [5.41, 5.74) is -0.718. The third-order valence-electron chi connectivity index (χ3n) is 1.66. The highest BCUT2D eigenvalue weighted by Gasteiger charge is 2.32. The summed E-state index contributed by atoms with van der Waals surface area (Å²) < 4.78 is 14.1. The van der Waals surface area contributed by atoms with E-state index < -0.39 is 41.2 Å². The minimum Gasteiger partial charge on any atom is -0.467 e. The molecule has 0 aliphatic heterocycles. The van der Waals surface area contributed by atoms with Crippen LogP contribution in [0.3, 0.4) is 0 Å². The van der Waals surface area contributed by atoms with Gasteiger partial charge < -0.3 is 14.2 Å². The molecule has 0 aliphatic carbocycles. The van der Waals surface area contributed by atoms with Gasteiger partial charge in [0.05, 0.1) is 7.11 Å². The largest absolute Gasteiger partial charge is 0.467 e. The molecule has 0 heterocycles. The minimum atomic E-state index is -1.75. The van der Waals surface area contributed by atoms with Gasteiger partial charge in [-0.1, -0.05) is 11.6 Å². The van der Waals surface area contributed by atoms with Crippen molar-refractivity contribution in [2.75, 3.05) is 13.7 Å². The molecule has 0 radical (unpaired) electrons. The topological polar surface area (TPSA) is 103 Å². The highest BCUT2D eigenvalue weighted by atomic mass is 35.5. The molecule has 0 saturated carbocycles. The first kappa shape index (κ1) is 17.5. The van der Waals surface area contributed by atoms with Crippen molar-refractivity contribution in [2.24, 2.45) is 0 Å². The molecule has 0 aromatic rings. The number of halogens is 1. The standard InChI is InChI=1S/C11H16ClNO6/c1-11(2,3)19-6(14)5-18-8(10(16)17-4)7(15)9(12)13/h8,13H,5H2,1-4H3. The van der Waals surface area contributed by atoms with E-state index in [0.29, 0.717) is 0 Å². The van der Waals surface area contributed by atoms with Gasteiger partial charge in [-0.05, 0) is 20.8 Å². The molecule has 0 aromatic carbocycles. The molecule has 0 amide bonds. The van der Waals surface area contributed by atoms with Crippen molar-refractivity contribution in [3.8, 4) is 0 Å². The molecule has 0 aromatic heterocycles. The summed E-state index contributed by atoms with van der Waals surface area (Å²) >= 11 is 5.18. The lowest BCUT2D eigenvalue weighted by Gasteiger charge is -2.20. The van der Waals surface area contributed by atoms with Crippen LogP contribution in [0, 0.1) is 5.41 Å². The maximum absolute atomic E-state index is 11.4. The summed E-state index contributed by atoms with van der Waals surface area (Å²) in [5.74, 6) is -2.88. The van der Waals surface area contributed by atoms with Gasteiger partial charge in [-0.15, -0.1) is 0 Å². The maximum atomic E-state index is 11.4. The molecule has 0 saturated heterocycles. The number of ketones is 1. The summed E-state index contributed by atoms with van der Waals surface area (Å²) in [7, 11) is 1.04. The number of nitrogens with one attached hydrogen (secondary N) is 1. The summed E-state index contributed by atoms with van der Waals surface area (Å²) in [6, 6.07) is 0. The van der Waals surface area contributed by atoms with Crippen LogP contribution in [-0.2, 0) is 28.6 Å². The fourth-order valence-corrected chi connectivity index (χ4v) is 1.09. The van der Waals surface area contributed by atoms with Gasteiger partial charge >= 0.3 is 11.9 Å². The van der Waals surface area contributed by atoms with Gasteiger partial charge in [-0.3, -0.25) is 10.2 Å². The average Bonchev–Trinajstić information content (AvgIpc) is 2.25. The zero-order chi connectivity index (χ0) is 15.2. The molecular formula is C11H16ClNO6. The van der Waals surface area contributed by atoms with Crippen LogP contribution in [0.5, 0.6) is 0 Å². The number of Topliss-reactive ketones (excluding diaryl/α,β-unsaturated/α-hetero) is 1. The van der Waals surface area contributed by atoms with Crippen molar-refractivity contribution in [1.29, 1.82) is 5.41 Å². The van der Waals surface area contributed by atoms with Crippen molar-refractivity contribution in [2.45, 2.75) is 32.5 Å². The van der Waals surface area contributed by atoms with Gasteiger partial charge in [0.25, 0.3) is 0 Å². The quantitative estimate of drug-likeness (QED) is 0.439. The van der Waals surface area contributed by atoms with Crippen molar-refractivity contribution in [3.63, 3.8) is 0 Å². The number of carbonyl (C=O) groups excluding carboxylic acids is 3. The molecule has 0 bridgehead atoms. The molecule has 0 rings (SSSR count). The number of hydrogen-bond donors (Lipinski definition) is 1. The lowest BCUT2D eigenvalue weighted by molar-refractivity contribution is -0.168. The number of ether oxygens (including phenoxy) is 3. The molecule has 0 spiro atoms. The third-order valence-corrected chi connectivity index (χ3v) is 1.84. The molecule has 108 valence electrons. The fourth-order valence-electron chi connectivity index (χ4n) is 0.995. The zero-order valence-corrected chi connectivity index (χ0v) is 11.9. The Morgan fingerprint density at radius 1 is 1.26 bits per heavy atom. The molecule has 1 unspecified atom stereocenters. The average molecular weight is 294 g/mol.